The zero-order valence-corrected chi connectivity index (χ0v) is 17.2. The minimum absolute atomic E-state index is 0.0511. The van der Waals surface area contributed by atoms with E-state index in [4.69, 9.17) is 4.74 Å². The number of nitrogens with zero attached hydrogens (tertiary/aromatic N) is 2. The van der Waals surface area contributed by atoms with Gasteiger partial charge in [0.15, 0.2) is 12.3 Å². The largest absolute Gasteiger partial charge is 0.451 e. The van der Waals surface area contributed by atoms with Gasteiger partial charge in [-0.2, -0.15) is 5.10 Å². The number of carbonyl (C=O) groups excluding carboxylic acids is 2. The van der Waals surface area contributed by atoms with Crippen LogP contribution in [0, 0.1) is 6.92 Å². The van der Waals surface area contributed by atoms with Gasteiger partial charge in [-0.1, -0.05) is 36.4 Å². The molecular formula is C21H18BrN3O4. The van der Waals surface area contributed by atoms with Gasteiger partial charge in [0.05, 0.1) is 12.2 Å². The Kier molecular flexibility index (Phi) is 6.56. The van der Waals surface area contributed by atoms with Gasteiger partial charge in [0, 0.05) is 10.5 Å². The normalized spacial score (nSPS) is 10.4. The van der Waals surface area contributed by atoms with Crippen molar-refractivity contribution in [3.63, 3.8) is 0 Å². The Morgan fingerprint density at radius 2 is 1.86 bits per heavy atom. The maximum atomic E-state index is 12.2. The Morgan fingerprint density at radius 3 is 2.59 bits per heavy atom. The van der Waals surface area contributed by atoms with Crippen LogP contribution in [0.4, 0.5) is 5.69 Å². The highest BCUT2D eigenvalue weighted by molar-refractivity contribution is 9.10. The second-order valence-corrected chi connectivity index (χ2v) is 7.16. The highest BCUT2D eigenvalue weighted by atomic mass is 79.9. The average molecular weight is 456 g/mol. The number of carbonyl (C=O) groups is 2. The molecule has 0 aliphatic carbocycles. The minimum Gasteiger partial charge on any atom is -0.451 e. The first-order valence-electron chi connectivity index (χ1n) is 8.77. The number of anilines is 1. The zero-order chi connectivity index (χ0) is 20.8. The van der Waals surface area contributed by atoms with E-state index < -0.39 is 18.5 Å². The maximum Gasteiger partial charge on any atom is 0.359 e. The van der Waals surface area contributed by atoms with Crippen molar-refractivity contribution in [2.75, 3.05) is 11.9 Å². The van der Waals surface area contributed by atoms with E-state index in [1.54, 1.807) is 6.07 Å². The van der Waals surface area contributed by atoms with Crippen molar-refractivity contribution in [2.45, 2.75) is 13.5 Å². The highest BCUT2D eigenvalue weighted by Crippen LogP contribution is 2.23. The fourth-order valence-electron chi connectivity index (χ4n) is 2.54. The zero-order valence-electron chi connectivity index (χ0n) is 15.6. The number of nitrogens with one attached hydrogen (secondary N) is 1. The molecule has 0 aliphatic heterocycles. The van der Waals surface area contributed by atoms with E-state index >= 15 is 0 Å². The summed E-state index contributed by atoms with van der Waals surface area (Å²) in [6.45, 7) is 1.68. The number of benzene rings is 2. The maximum absolute atomic E-state index is 12.2. The van der Waals surface area contributed by atoms with Crippen LogP contribution >= 0.6 is 15.9 Å². The van der Waals surface area contributed by atoms with E-state index in [0.717, 1.165) is 15.6 Å². The van der Waals surface area contributed by atoms with E-state index in [0.29, 0.717) is 5.69 Å². The van der Waals surface area contributed by atoms with Crippen molar-refractivity contribution < 1.29 is 14.3 Å². The molecule has 3 aromatic rings. The molecular weight excluding hydrogens is 438 g/mol. The summed E-state index contributed by atoms with van der Waals surface area (Å²) < 4.78 is 6.93. The number of esters is 1. The molecule has 1 aromatic heterocycles. The van der Waals surface area contributed by atoms with Crippen molar-refractivity contribution in [3.8, 4) is 0 Å². The lowest BCUT2D eigenvalue weighted by Crippen LogP contribution is -2.26. The standard InChI is InChI=1S/C21H18BrN3O4/c1-14-7-8-17(16(22)11-14)23-19(26)13-29-21(28)18-9-10-20(27)25(24-18)12-15-5-3-2-4-6-15/h2-11H,12-13H2,1H3,(H,23,26). The van der Waals surface area contributed by atoms with Crippen molar-refractivity contribution in [1.82, 2.24) is 9.78 Å². The van der Waals surface area contributed by atoms with Crippen LogP contribution in [-0.2, 0) is 16.1 Å². The third kappa shape index (κ3) is 5.61. The average Bonchev–Trinajstić information content (AvgIpc) is 2.71. The van der Waals surface area contributed by atoms with Crippen molar-refractivity contribution >= 4 is 33.5 Å². The summed E-state index contributed by atoms with van der Waals surface area (Å²) in [6, 6.07) is 17.3. The minimum atomic E-state index is -0.787. The third-order valence-corrected chi connectivity index (χ3v) is 4.64. The van der Waals surface area contributed by atoms with Crippen LogP contribution in [0.25, 0.3) is 0 Å². The smallest absolute Gasteiger partial charge is 0.359 e. The van der Waals surface area contributed by atoms with Gasteiger partial charge < -0.3 is 10.1 Å². The van der Waals surface area contributed by atoms with Gasteiger partial charge in [-0.05, 0) is 52.2 Å². The number of ether oxygens (including phenoxy) is 1. The van der Waals surface area contributed by atoms with E-state index in [1.165, 1.54) is 16.8 Å². The summed E-state index contributed by atoms with van der Waals surface area (Å²) in [4.78, 5) is 36.3. The number of amides is 1. The first kappa shape index (κ1) is 20.5. The summed E-state index contributed by atoms with van der Waals surface area (Å²) in [5.74, 6) is -1.27. The highest BCUT2D eigenvalue weighted by Gasteiger charge is 2.14. The van der Waals surface area contributed by atoms with Crippen LogP contribution in [0.2, 0.25) is 0 Å². The molecule has 29 heavy (non-hydrogen) atoms. The van der Waals surface area contributed by atoms with E-state index in [2.05, 4.69) is 26.3 Å². The van der Waals surface area contributed by atoms with Crippen LogP contribution in [0.1, 0.15) is 21.6 Å². The summed E-state index contributed by atoms with van der Waals surface area (Å²) >= 11 is 3.37. The van der Waals surface area contributed by atoms with Gasteiger partial charge >= 0.3 is 5.97 Å². The Hall–Kier alpha value is -3.26. The molecule has 0 bridgehead atoms. The van der Waals surface area contributed by atoms with Crippen molar-refractivity contribution in [1.29, 1.82) is 0 Å². The molecule has 7 nitrogen and oxygen atoms in total. The van der Waals surface area contributed by atoms with Crippen LogP contribution in [0.15, 0.2) is 69.9 Å². The van der Waals surface area contributed by atoms with Crippen LogP contribution in [0.3, 0.4) is 0 Å². The molecule has 1 amide bonds. The molecule has 0 radical (unpaired) electrons. The molecule has 0 saturated heterocycles. The van der Waals surface area contributed by atoms with Gasteiger partial charge in [0.25, 0.3) is 11.5 Å². The Morgan fingerprint density at radius 1 is 1.10 bits per heavy atom. The van der Waals surface area contributed by atoms with Crippen LogP contribution in [-0.4, -0.2) is 28.3 Å². The molecule has 0 atom stereocenters. The van der Waals surface area contributed by atoms with Gasteiger partial charge in [0.1, 0.15) is 0 Å². The Bertz CT molecular complexity index is 1100. The molecule has 1 heterocycles. The third-order valence-electron chi connectivity index (χ3n) is 3.98. The lowest BCUT2D eigenvalue weighted by molar-refractivity contribution is -0.119. The number of hydrogen-bond donors (Lipinski definition) is 1. The summed E-state index contributed by atoms with van der Waals surface area (Å²) in [5.41, 5.74) is 2.09. The number of halogens is 1. The molecule has 0 unspecified atom stereocenters. The quantitative estimate of drug-likeness (QED) is 0.576. The number of aryl methyl sites for hydroxylation is 1. The number of aromatic nitrogens is 2. The van der Waals surface area contributed by atoms with Crippen molar-refractivity contribution in [3.05, 3.63) is 92.3 Å². The van der Waals surface area contributed by atoms with E-state index in [-0.39, 0.29) is 17.8 Å². The van der Waals surface area contributed by atoms with Crippen LogP contribution in [0.5, 0.6) is 0 Å². The predicted molar refractivity (Wildman–Crippen MR) is 112 cm³/mol. The fraction of sp³-hybridized carbons (Fsp3) is 0.143. The van der Waals surface area contributed by atoms with E-state index in [1.807, 2.05) is 49.4 Å². The molecule has 3 rings (SSSR count). The molecule has 0 aliphatic rings. The Labute approximate surface area is 175 Å². The SMILES string of the molecule is Cc1ccc(NC(=O)COC(=O)c2ccc(=O)n(Cc3ccccc3)n2)c(Br)c1. The fourth-order valence-corrected chi connectivity index (χ4v) is 3.13. The number of rotatable bonds is 6. The first-order chi connectivity index (χ1) is 13.9. The molecule has 8 heteroatoms. The second kappa shape index (κ2) is 9.29. The van der Waals surface area contributed by atoms with Gasteiger partial charge in [0.2, 0.25) is 0 Å². The molecule has 0 saturated carbocycles. The molecule has 1 N–H and O–H groups in total. The molecule has 0 spiro atoms. The molecule has 0 fully saturated rings. The lowest BCUT2D eigenvalue weighted by atomic mass is 10.2. The predicted octanol–water partition coefficient (Wildman–Crippen LogP) is 3.16. The molecule has 2 aromatic carbocycles. The van der Waals surface area contributed by atoms with Gasteiger partial charge in [-0.3, -0.25) is 9.59 Å². The summed E-state index contributed by atoms with van der Waals surface area (Å²) in [7, 11) is 0. The topological polar surface area (TPSA) is 90.3 Å². The summed E-state index contributed by atoms with van der Waals surface area (Å²) in [6.07, 6.45) is 0. The Balaban J connectivity index is 1.62. The molecule has 148 valence electrons. The lowest BCUT2D eigenvalue weighted by Gasteiger charge is -2.09. The summed E-state index contributed by atoms with van der Waals surface area (Å²) in [5, 5.41) is 6.70. The monoisotopic (exact) mass is 455 g/mol. The number of hydrogen-bond acceptors (Lipinski definition) is 5. The van der Waals surface area contributed by atoms with Crippen molar-refractivity contribution in [2.24, 2.45) is 0 Å². The van der Waals surface area contributed by atoms with Gasteiger partial charge in [-0.15, -0.1) is 0 Å². The van der Waals surface area contributed by atoms with E-state index in [9.17, 15) is 14.4 Å². The van der Waals surface area contributed by atoms with Crippen LogP contribution < -0.4 is 10.9 Å². The van der Waals surface area contributed by atoms with Gasteiger partial charge in [-0.25, -0.2) is 9.48 Å². The second-order valence-electron chi connectivity index (χ2n) is 6.31. The first-order valence-corrected chi connectivity index (χ1v) is 9.57.